The molecule has 2 heterocycles. The molecule has 2 atom stereocenters. The van der Waals surface area contributed by atoms with E-state index in [-0.39, 0.29) is 12.1 Å². The lowest BCUT2D eigenvalue weighted by Gasteiger charge is -2.35. The van der Waals surface area contributed by atoms with Gasteiger partial charge in [-0.2, -0.15) is 0 Å². The lowest BCUT2D eigenvalue weighted by Crippen LogP contribution is -2.49. The normalized spacial score (nSPS) is 21.9. The average Bonchev–Trinajstić information content (AvgIpc) is 2.75. The summed E-state index contributed by atoms with van der Waals surface area (Å²) in [4.78, 5) is 2.34. The molecule has 4 nitrogen and oxygen atoms in total. The summed E-state index contributed by atoms with van der Waals surface area (Å²) in [5.41, 5.74) is 1.01. The van der Waals surface area contributed by atoms with Crippen molar-refractivity contribution in [2.24, 2.45) is 7.05 Å². The number of aliphatic hydroxyl groups excluding tert-OH is 1. The zero-order valence-electron chi connectivity index (χ0n) is 10.1. The molecule has 0 saturated carbocycles. The lowest BCUT2D eigenvalue weighted by molar-refractivity contribution is 0.0510. The van der Waals surface area contributed by atoms with Crippen LogP contribution in [-0.2, 0) is 7.05 Å². The van der Waals surface area contributed by atoms with Crippen molar-refractivity contribution in [1.82, 2.24) is 14.8 Å². The Balaban J connectivity index is 2.00. The first-order valence-corrected chi connectivity index (χ1v) is 5.93. The molecule has 1 fully saturated rings. The molecule has 0 spiro atoms. The van der Waals surface area contributed by atoms with E-state index in [0.717, 1.165) is 31.7 Å². The molecular weight excluding hydrogens is 202 g/mol. The van der Waals surface area contributed by atoms with Gasteiger partial charge in [-0.3, -0.25) is 4.90 Å². The van der Waals surface area contributed by atoms with Crippen LogP contribution in [0.1, 0.15) is 18.6 Å². The highest BCUT2D eigenvalue weighted by Gasteiger charge is 2.24. The van der Waals surface area contributed by atoms with Gasteiger partial charge in [-0.25, -0.2) is 0 Å². The zero-order valence-corrected chi connectivity index (χ0v) is 10.1. The number of hydrogen-bond acceptors (Lipinski definition) is 3. The summed E-state index contributed by atoms with van der Waals surface area (Å²) < 4.78 is 1.98. The molecule has 0 aromatic carbocycles. The molecule has 90 valence electrons. The largest absolute Gasteiger partial charge is 0.387 e. The SMILES string of the molecule is CC(C(O)c1ccn(C)c1)N1CCNCC1. The molecular formula is C12H21N3O. The second kappa shape index (κ2) is 4.99. The first-order valence-electron chi connectivity index (χ1n) is 5.93. The van der Waals surface area contributed by atoms with E-state index >= 15 is 0 Å². The number of nitrogens with one attached hydrogen (secondary N) is 1. The van der Waals surface area contributed by atoms with Gasteiger partial charge in [-0.15, -0.1) is 0 Å². The second-order valence-corrected chi connectivity index (χ2v) is 4.58. The van der Waals surface area contributed by atoms with Crippen LogP contribution < -0.4 is 5.32 Å². The van der Waals surface area contributed by atoms with Crippen molar-refractivity contribution in [2.45, 2.75) is 19.1 Å². The molecule has 0 aliphatic carbocycles. The van der Waals surface area contributed by atoms with E-state index in [9.17, 15) is 5.11 Å². The van der Waals surface area contributed by atoms with E-state index in [1.165, 1.54) is 0 Å². The summed E-state index contributed by atoms with van der Waals surface area (Å²) in [6, 6.07) is 2.17. The van der Waals surface area contributed by atoms with Crippen LogP contribution >= 0.6 is 0 Å². The van der Waals surface area contributed by atoms with E-state index in [0.29, 0.717) is 0 Å². The number of aryl methyl sites for hydroxylation is 1. The van der Waals surface area contributed by atoms with Gasteiger partial charge in [0.1, 0.15) is 0 Å². The molecule has 0 amide bonds. The smallest absolute Gasteiger partial charge is 0.0957 e. The minimum absolute atomic E-state index is 0.185. The van der Waals surface area contributed by atoms with Crippen LogP contribution in [0.2, 0.25) is 0 Å². The first kappa shape index (κ1) is 11.6. The van der Waals surface area contributed by atoms with E-state index in [2.05, 4.69) is 17.1 Å². The minimum atomic E-state index is -0.390. The Bertz CT molecular complexity index is 331. The van der Waals surface area contributed by atoms with Gasteiger partial charge in [-0.1, -0.05) is 0 Å². The first-order chi connectivity index (χ1) is 7.68. The molecule has 2 unspecified atom stereocenters. The van der Waals surface area contributed by atoms with E-state index in [4.69, 9.17) is 0 Å². The van der Waals surface area contributed by atoms with Gasteiger partial charge in [0.05, 0.1) is 6.10 Å². The van der Waals surface area contributed by atoms with Crippen molar-refractivity contribution in [2.75, 3.05) is 26.2 Å². The number of hydrogen-bond donors (Lipinski definition) is 2. The lowest BCUT2D eigenvalue weighted by atomic mass is 10.0. The minimum Gasteiger partial charge on any atom is -0.387 e. The molecule has 1 aromatic heterocycles. The molecule has 0 bridgehead atoms. The molecule has 2 N–H and O–H groups in total. The Hall–Kier alpha value is -0.840. The molecule has 1 aliphatic rings. The van der Waals surface area contributed by atoms with Crippen molar-refractivity contribution in [3.05, 3.63) is 24.0 Å². The third-order valence-corrected chi connectivity index (χ3v) is 3.38. The summed E-state index contributed by atoms with van der Waals surface area (Å²) in [5, 5.41) is 13.6. The highest BCUT2D eigenvalue weighted by atomic mass is 16.3. The number of rotatable bonds is 3. The van der Waals surface area contributed by atoms with Gasteiger partial charge < -0.3 is 15.0 Å². The van der Waals surface area contributed by atoms with Crippen molar-refractivity contribution < 1.29 is 5.11 Å². The molecule has 2 rings (SSSR count). The Morgan fingerprint density at radius 2 is 2.06 bits per heavy atom. The molecule has 0 radical (unpaired) electrons. The fourth-order valence-electron chi connectivity index (χ4n) is 2.27. The van der Waals surface area contributed by atoms with Gasteiger partial charge in [0.25, 0.3) is 0 Å². The quantitative estimate of drug-likeness (QED) is 0.777. The van der Waals surface area contributed by atoms with Crippen LogP contribution in [0, 0.1) is 0 Å². The van der Waals surface area contributed by atoms with Gasteiger partial charge in [0.2, 0.25) is 0 Å². The third-order valence-electron chi connectivity index (χ3n) is 3.38. The van der Waals surface area contributed by atoms with Crippen molar-refractivity contribution in [1.29, 1.82) is 0 Å². The van der Waals surface area contributed by atoms with E-state index < -0.39 is 0 Å². The van der Waals surface area contributed by atoms with Gasteiger partial charge in [-0.05, 0) is 18.6 Å². The maximum atomic E-state index is 10.3. The standard InChI is InChI=1S/C12H21N3O/c1-10(15-7-4-13-5-8-15)12(16)11-3-6-14(2)9-11/h3,6,9-10,12-13,16H,4-5,7-8H2,1-2H3. The van der Waals surface area contributed by atoms with Gasteiger partial charge in [0.15, 0.2) is 0 Å². The van der Waals surface area contributed by atoms with E-state index in [1.807, 2.05) is 30.1 Å². The number of aromatic nitrogens is 1. The topological polar surface area (TPSA) is 40.4 Å². The van der Waals surface area contributed by atoms with Gasteiger partial charge in [0, 0.05) is 51.7 Å². The summed E-state index contributed by atoms with van der Waals surface area (Å²) in [5.74, 6) is 0. The van der Waals surface area contributed by atoms with Crippen LogP contribution in [0.3, 0.4) is 0 Å². The van der Waals surface area contributed by atoms with Crippen LogP contribution in [0.4, 0.5) is 0 Å². The van der Waals surface area contributed by atoms with Crippen LogP contribution in [0.25, 0.3) is 0 Å². The Morgan fingerprint density at radius 3 is 2.62 bits per heavy atom. The highest BCUT2D eigenvalue weighted by molar-refractivity contribution is 5.15. The average molecular weight is 223 g/mol. The predicted octanol–water partition coefficient (Wildman–Crippen LogP) is 0.352. The molecule has 1 aromatic rings. The fourth-order valence-corrected chi connectivity index (χ4v) is 2.27. The monoisotopic (exact) mass is 223 g/mol. The summed E-state index contributed by atoms with van der Waals surface area (Å²) in [6.45, 7) is 6.18. The second-order valence-electron chi connectivity index (χ2n) is 4.58. The molecule has 1 aliphatic heterocycles. The predicted molar refractivity (Wildman–Crippen MR) is 64.3 cm³/mol. The van der Waals surface area contributed by atoms with Crippen LogP contribution in [0.15, 0.2) is 18.5 Å². The molecule has 4 heteroatoms. The number of piperazine rings is 1. The Kier molecular flexibility index (Phi) is 3.63. The van der Waals surface area contributed by atoms with Gasteiger partial charge >= 0.3 is 0 Å². The van der Waals surface area contributed by atoms with Crippen molar-refractivity contribution in [3.8, 4) is 0 Å². The fraction of sp³-hybridized carbons (Fsp3) is 0.667. The van der Waals surface area contributed by atoms with Crippen molar-refractivity contribution in [3.63, 3.8) is 0 Å². The maximum Gasteiger partial charge on any atom is 0.0957 e. The number of nitrogens with zero attached hydrogens (tertiary/aromatic N) is 2. The summed E-state index contributed by atoms with van der Waals surface area (Å²) in [6.07, 6.45) is 3.58. The third kappa shape index (κ3) is 2.45. The summed E-state index contributed by atoms with van der Waals surface area (Å²) >= 11 is 0. The molecule has 16 heavy (non-hydrogen) atoms. The van der Waals surface area contributed by atoms with Crippen LogP contribution in [-0.4, -0.2) is 46.8 Å². The highest BCUT2D eigenvalue weighted by Crippen LogP contribution is 2.21. The van der Waals surface area contributed by atoms with E-state index in [1.54, 1.807) is 0 Å². The summed E-state index contributed by atoms with van der Waals surface area (Å²) in [7, 11) is 1.98. The van der Waals surface area contributed by atoms with Crippen molar-refractivity contribution >= 4 is 0 Å². The molecule has 1 saturated heterocycles. The van der Waals surface area contributed by atoms with Crippen LogP contribution in [0.5, 0.6) is 0 Å². The Morgan fingerprint density at radius 1 is 1.38 bits per heavy atom. The number of aliphatic hydroxyl groups is 1. The Labute approximate surface area is 96.9 Å². The zero-order chi connectivity index (χ0) is 11.5. The maximum absolute atomic E-state index is 10.3.